The number of fused-ring (bicyclic) bond motifs is 7. The molecular formula is C32H20N4. The summed E-state index contributed by atoms with van der Waals surface area (Å²) in [5.74, 6) is 0. The Hall–Kier alpha value is -4.96. The van der Waals surface area contributed by atoms with E-state index in [0.717, 1.165) is 22.4 Å². The van der Waals surface area contributed by atoms with E-state index in [1.54, 1.807) is 6.33 Å². The minimum Gasteiger partial charge on any atom is -0.309 e. The van der Waals surface area contributed by atoms with Crippen LogP contribution in [0.25, 0.3) is 65.8 Å². The van der Waals surface area contributed by atoms with Gasteiger partial charge in [-0.05, 0) is 53.2 Å². The lowest BCUT2D eigenvalue weighted by atomic mass is 10.0. The second-order valence-corrected chi connectivity index (χ2v) is 9.22. The quantitative estimate of drug-likeness (QED) is 0.264. The summed E-state index contributed by atoms with van der Waals surface area (Å²) in [7, 11) is 0. The Morgan fingerprint density at radius 3 is 1.81 bits per heavy atom. The highest BCUT2D eigenvalue weighted by molar-refractivity contribution is 6.20. The predicted octanol–water partition coefficient (Wildman–Crippen LogP) is 7.82. The number of rotatable bonds is 2. The van der Waals surface area contributed by atoms with Crippen LogP contribution in [0.2, 0.25) is 0 Å². The van der Waals surface area contributed by atoms with Crippen molar-refractivity contribution in [1.82, 2.24) is 19.1 Å². The molecule has 3 heterocycles. The first-order chi connectivity index (χ1) is 17.9. The van der Waals surface area contributed by atoms with E-state index in [1.807, 2.05) is 12.4 Å². The van der Waals surface area contributed by atoms with Crippen molar-refractivity contribution >= 4 is 54.4 Å². The average molecular weight is 461 g/mol. The maximum absolute atomic E-state index is 4.31. The van der Waals surface area contributed by atoms with Gasteiger partial charge in [0.1, 0.15) is 6.33 Å². The molecule has 0 radical (unpaired) electrons. The summed E-state index contributed by atoms with van der Waals surface area (Å²) < 4.78 is 4.66. The third-order valence-corrected chi connectivity index (χ3v) is 7.25. The van der Waals surface area contributed by atoms with E-state index in [-0.39, 0.29) is 0 Å². The van der Waals surface area contributed by atoms with Crippen LogP contribution in [0.1, 0.15) is 0 Å². The molecule has 0 aliphatic heterocycles. The lowest BCUT2D eigenvalue weighted by Gasteiger charge is -2.09. The monoisotopic (exact) mass is 460 g/mol. The largest absolute Gasteiger partial charge is 0.309 e. The maximum Gasteiger partial charge on any atom is 0.115 e. The van der Waals surface area contributed by atoms with Crippen LogP contribution in [0.4, 0.5) is 0 Å². The number of aromatic nitrogens is 4. The zero-order valence-corrected chi connectivity index (χ0v) is 19.3. The highest BCUT2D eigenvalue weighted by atomic mass is 15.0. The lowest BCUT2D eigenvalue weighted by Crippen LogP contribution is -1.96. The van der Waals surface area contributed by atoms with Gasteiger partial charge in [0.15, 0.2) is 0 Å². The molecule has 5 aromatic carbocycles. The molecular weight excluding hydrogens is 440 g/mol. The highest BCUT2D eigenvalue weighted by Gasteiger charge is 2.18. The minimum absolute atomic E-state index is 0.955. The zero-order chi connectivity index (χ0) is 23.6. The molecule has 0 spiro atoms. The Morgan fingerprint density at radius 1 is 0.417 bits per heavy atom. The molecule has 0 saturated carbocycles. The van der Waals surface area contributed by atoms with Crippen LogP contribution < -0.4 is 0 Å². The molecule has 4 heteroatoms. The summed E-state index contributed by atoms with van der Waals surface area (Å²) in [5.41, 5.74) is 6.79. The van der Waals surface area contributed by atoms with Crippen LogP contribution in [0.3, 0.4) is 0 Å². The fraction of sp³-hybridized carbons (Fsp3) is 0. The van der Waals surface area contributed by atoms with Gasteiger partial charge in [0, 0.05) is 27.2 Å². The van der Waals surface area contributed by atoms with Crippen molar-refractivity contribution < 1.29 is 0 Å². The summed E-state index contributed by atoms with van der Waals surface area (Å²) >= 11 is 0. The fourth-order valence-corrected chi connectivity index (χ4v) is 5.70. The molecule has 0 atom stereocenters. The van der Waals surface area contributed by atoms with Crippen LogP contribution in [-0.2, 0) is 0 Å². The molecule has 0 fully saturated rings. The smallest absolute Gasteiger partial charge is 0.115 e. The highest BCUT2D eigenvalue weighted by Crippen LogP contribution is 2.40. The van der Waals surface area contributed by atoms with Gasteiger partial charge in [-0.2, -0.15) is 0 Å². The topological polar surface area (TPSA) is 35.6 Å². The molecule has 3 aromatic heterocycles. The van der Waals surface area contributed by atoms with E-state index in [2.05, 4.69) is 122 Å². The first-order valence-electron chi connectivity index (χ1n) is 12.1. The Kier molecular flexibility index (Phi) is 3.91. The first-order valence-corrected chi connectivity index (χ1v) is 12.1. The van der Waals surface area contributed by atoms with Crippen molar-refractivity contribution in [2.45, 2.75) is 0 Å². The van der Waals surface area contributed by atoms with E-state index in [4.69, 9.17) is 0 Å². The predicted molar refractivity (Wildman–Crippen MR) is 148 cm³/mol. The number of nitrogens with zero attached hydrogens (tertiary/aromatic N) is 4. The van der Waals surface area contributed by atoms with Crippen LogP contribution in [0, 0.1) is 0 Å². The van der Waals surface area contributed by atoms with Crippen molar-refractivity contribution in [2.75, 3.05) is 0 Å². The van der Waals surface area contributed by atoms with Gasteiger partial charge in [-0.25, -0.2) is 9.97 Å². The summed E-state index contributed by atoms with van der Waals surface area (Å²) in [6, 6.07) is 37.2. The molecule has 8 aromatic rings. The van der Waals surface area contributed by atoms with Gasteiger partial charge in [-0.1, -0.05) is 60.7 Å². The molecule has 0 saturated heterocycles. The number of hydrogen-bond acceptors (Lipinski definition) is 2. The maximum atomic E-state index is 4.31. The van der Waals surface area contributed by atoms with Gasteiger partial charge >= 0.3 is 0 Å². The molecule has 168 valence electrons. The van der Waals surface area contributed by atoms with E-state index in [1.165, 1.54) is 43.4 Å². The van der Waals surface area contributed by atoms with E-state index >= 15 is 0 Å². The van der Waals surface area contributed by atoms with Gasteiger partial charge in [-0.3, -0.25) is 0 Å². The summed E-state index contributed by atoms with van der Waals surface area (Å²) in [4.78, 5) is 8.62. The first kappa shape index (κ1) is 19.4. The van der Waals surface area contributed by atoms with Crippen molar-refractivity contribution in [3.8, 4) is 11.4 Å². The lowest BCUT2D eigenvalue weighted by molar-refractivity contribution is 1.07. The second-order valence-electron chi connectivity index (χ2n) is 9.22. The standard InChI is InChI=1S/C32H20N4/c1-2-10-23(11-3-1)35-30-15-22-9-5-4-8-21(22)14-26(30)28-16-27-25-12-6-7-13-29(25)36(31(27)17-32(28)35)24-18-33-20-34-19-24/h1-20H. The summed E-state index contributed by atoms with van der Waals surface area (Å²) in [6.07, 6.45) is 5.33. The molecule has 0 bridgehead atoms. The normalized spacial score (nSPS) is 11.9. The van der Waals surface area contributed by atoms with Crippen molar-refractivity contribution in [2.24, 2.45) is 0 Å². The van der Waals surface area contributed by atoms with Crippen LogP contribution >= 0.6 is 0 Å². The molecule has 0 aliphatic carbocycles. The summed E-state index contributed by atoms with van der Waals surface area (Å²) in [5, 5.41) is 7.45. The van der Waals surface area contributed by atoms with Gasteiger partial charge in [-0.15, -0.1) is 0 Å². The number of para-hydroxylation sites is 2. The Labute approximate surface area is 206 Å². The van der Waals surface area contributed by atoms with Crippen LogP contribution in [0.5, 0.6) is 0 Å². The Bertz CT molecular complexity index is 2080. The molecule has 8 rings (SSSR count). The third kappa shape index (κ3) is 2.64. The van der Waals surface area contributed by atoms with Crippen LogP contribution in [-0.4, -0.2) is 19.1 Å². The molecule has 36 heavy (non-hydrogen) atoms. The minimum atomic E-state index is 0.955. The average Bonchev–Trinajstić information content (AvgIpc) is 3.43. The third-order valence-electron chi connectivity index (χ3n) is 7.25. The van der Waals surface area contributed by atoms with Gasteiger partial charge < -0.3 is 9.13 Å². The fourth-order valence-electron chi connectivity index (χ4n) is 5.70. The van der Waals surface area contributed by atoms with E-state index in [0.29, 0.717) is 0 Å². The zero-order valence-electron chi connectivity index (χ0n) is 19.3. The number of hydrogen-bond donors (Lipinski definition) is 0. The molecule has 0 amide bonds. The van der Waals surface area contributed by atoms with Gasteiger partial charge in [0.05, 0.1) is 40.1 Å². The SMILES string of the molecule is c1ccc(-n2c3cc4ccccc4cc3c3cc4c5ccccc5n(-c5cncnc5)c4cc32)cc1. The molecule has 0 aliphatic rings. The van der Waals surface area contributed by atoms with E-state index in [9.17, 15) is 0 Å². The molecule has 0 unspecified atom stereocenters. The van der Waals surface area contributed by atoms with Crippen LogP contribution in [0.15, 0.2) is 122 Å². The second kappa shape index (κ2) is 7.27. The molecule has 4 nitrogen and oxygen atoms in total. The number of benzene rings is 5. The van der Waals surface area contributed by atoms with Crippen molar-refractivity contribution in [1.29, 1.82) is 0 Å². The molecule has 0 N–H and O–H groups in total. The van der Waals surface area contributed by atoms with Crippen molar-refractivity contribution in [3.63, 3.8) is 0 Å². The van der Waals surface area contributed by atoms with Gasteiger partial charge in [0.2, 0.25) is 0 Å². The summed E-state index contributed by atoms with van der Waals surface area (Å²) in [6.45, 7) is 0. The Morgan fingerprint density at radius 2 is 1.00 bits per heavy atom. The Balaban J connectivity index is 1.61. The van der Waals surface area contributed by atoms with Crippen molar-refractivity contribution in [3.05, 3.63) is 122 Å². The van der Waals surface area contributed by atoms with E-state index < -0.39 is 0 Å². The van der Waals surface area contributed by atoms with Gasteiger partial charge in [0.25, 0.3) is 0 Å².